The first kappa shape index (κ1) is 73.6. The Bertz CT molecular complexity index is 1490. The lowest BCUT2D eigenvalue weighted by molar-refractivity contribution is -0.157. The van der Waals surface area contributed by atoms with Gasteiger partial charge in [-0.3, -0.25) is 33.6 Å². The van der Waals surface area contributed by atoms with Crippen molar-refractivity contribution in [3.05, 3.63) is 0 Å². The summed E-state index contributed by atoms with van der Waals surface area (Å²) < 4.78 is 11.6. The number of carboxylic acid groups (broad SMARTS) is 1. The number of nitrogens with one attached hydrogen (secondary N) is 3. The fraction of sp³-hybridized carbons (Fsp3) is 0.887. The van der Waals surface area contributed by atoms with Gasteiger partial charge in [0.15, 0.2) is 0 Å². The number of unbranched alkanes of at least 4 members (excludes halogenated alkanes) is 36. The van der Waals surface area contributed by atoms with Gasteiger partial charge in [-0.1, -0.05) is 252 Å². The molecule has 0 aliphatic heterocycles. The number of thioether (sulfide) groups is 1. The molecule has 0 aliphatic carbocycles. The highest BCUT2D eigenvalue weighted by Gasteiger charge is 2.28. The van der Waals surface area contributed by atoms with Crippen molar-refractivity contribution < 1.29 is 48.1 Å². The number of aliphatic carboxylic acids is 1. The Morgan fingerprint density at radius 3 is 1.17 bits per heavy atom. The fourth-order valence-corrected chi connectivity index (χ4v) is 10.5. The van der Waals surface area contributed by atoms with E-state index in [0.717, 1.165) is 64.2 Å². The van der Waals surface area contributed by atoms with Crippen molar-refractivity contribution >= 4 is 53.3 Å². The lowest BCUT2D eigenvalue weighted by Crippen LogP contribution is -2.56. The van der Waals surface area contributed by atoms with E-state index in [0.29, 0.717) is 12.8 Å². The first-order valence-electron chi connectivity index (χ1n) is 31.7. The number of nitrogens with two attached hydrogens (primary N) is 1. The minimum absolute atomic E-state index is 0.0624. The standard InChI is InChI=1S/C62H116N4O10S/c1-5-8-11-14-17-20-23-26-29-32-35-38-41-44-56(67)65-55(62(74)64-52(4)61(73)66-54(60(63)72)47-48-57(68)69)51-77-50-53(76-59(71)46-43-40-37-34-31-28-25-22-19-16-13-10-7-3)49-75-58(70)45-42-39-36-33-30-27-24-21-18-15-12-9-6-2/h52-55H,5-51H2,1-4H3,(H2,63,72)(H,64,74)(H,65,67)(H,66,73)(H,68,69)/t52-,53?,54+,55-/m0/s1. The third-order valence-corrected chi connectivity index (χ3v) is 15.7. The summed E-state index contributed by atoms with van der Waals surface area (Å²) in [5.74, 6) is -4.22. The van der Waals surface area contributed by atoms with Crippen molar-refractivity contribution in [2.24, 2.45) is 5.73 Å². The Morgan fingerprint density at radius 1 is 0.429 bits per heavy atom. The number of amides is 4. The van der Waals surface area contributed by atoms with E-state index in [4.69, 9.17) is 20.3 Å². The summed E-state index contributed by atoms with van der Waals surface area (Å²) in [6.07, 6.45) is 45.7. The third-order valence-electron chi connectivity index (χ3n) is 14.5. The van der Waals surface area contributed by atoms with Gasteiger partial charge in [-0.25, -0.2) is 0 Å². The Hall–Kier alpha value is -3.36. The van der Waals surface area contributed by atoms with Gasteiger partial charge >= 0.3 is 17.9 Å². The van der Waals surface area contributed by atoms with Crippen LogP contribution in [0.4, 0.5) is 0 Å². The summed E-state index contributed by atoms with van der Waals surface area (Å²) in [7, 11) is 0. The fourth-order valence-electron chi connectivity index (χ4n) is 9.49. The van der Waals surface area contributed by atoms with Crippen LogP contribution in [0.1, 0.15) is 310 Å². The molecule has 0 aromatic rings. The molecule has 0 saturated carbocycles. The summed E-state index contributed by atoms with van der Waals surface area (Å²) in [6, 6.07) is -3.49. The molecule has 0 spiro atoms. The molecular formula is C62H116N4O10S. The van der Waals surface area contributed by atoms with Crippen molar-refractivity contribution in [3.8, 4) is 0 Å². The van der Waals surface area contributed by atoms with Gasteiger partial charge in [-0.15, -0.1) is 0 Å². The quantitative estimate of drug-likeness (QED) is 0.0285. The molecular weight excluding hydrogens is 993 g/mol. The largest absolute Gasteiger partial charge is 0.481 e. The average molecular weight is 1110 g/mol. The van der Waals surface area contributed by atoms with E-state index in [-0.39, 0.29) is 61.6 Å². The number of hydrogen-bond acceptors (Lipinski definition) is 10. The van der Waals surface area contributed by atoms with E-state index in [1.54, 1.807) is 0 Å². The van der Waals surface area contributed by atoms with Gasteiger partial charge in [-0.05, 0) is 32.6 Å². The van der Waals surface area contributed by atoms with E-state index < -0.39 is 54.3 Å². The molecule has 4 amide bonds. The number of ether oxygens (including phenoxy) is 2. The molecule has 6 N–H and O–H groups in total. The zero-order valence-corrected chi connectivity index (χ0v) is 50.5. The predicted octanol–water partition coefficient (Wildman–Crippen LogP) is 14.4. The van der Waals surface area contributed by atoms with Crippen LogP contribution in [0.15, 0.2) is 0 Å². The lowest BCUT2D eigenvalue weighted by Gasteiger charge is -2.23. The first-order valence-corrected chi connectivity index (χ1v) is 32.8. The summed E-state index contributed by atoms with van der Waals surface area (Å²) in [6.45, 7) is 8.01. The van der Waals surface area contributed by atoms with Gasteiger partial charge in [0, 0.05) is 37.2 Å². The normalized spacial score (nSPS) is 12.8. The molecule has 14 nitrogen and oxygen atoms in total. The van der Waals surface area contributed by atoms with Gasteiger partial charge in [0.1, 0.15) is 30.8 Å². The molecule has 0 aliphatic rings. The number of carboxylic acids is 1. The van der Waals surface area contributed by atoms with Crippen molar-refractivity contribution in [1.82, 2.24) is 16.0 Å². The second kappa shape index (κ2) is 54.6. The zero-order chi connectivity index (χ0) is 56.8. The molecule has 450 valence electrons. The van der Waals surface area contributed by atoms with E-state index in [2.05, 4.69) is 36.7 Å². The number of rotatable bonds is 58. The number of esters is 2. The number of hydrogen-bond donors (Lipinski definition) is 5. The van der Waals surface area contributed by atoms with Crippen LogP contribution in [0.2, 0.25) is 0 Å². The molecule has 4 atom stereocenters. The summed E-state index contributed by atoms with van der Waals surface area (Å²) in [5, 5.41) is 17.0. The molecule has 15 heteroatoms. The number of primary amides is 1. The van der Waals surface area contributed by atoms with Crippen LogP contribution in [0.25, 0.3) is 0 Å². The van der Waals surface area contributed by atoms with E-state index in [1.807, 2.05) is 0 Å². The second-order valence-electron chi connectivity index (χ2n) is 22.1. The van der Waals surface area contributed by atoms with Crippen LogP contribution in [-0.2, 0) is 43.0 Å². The SMILES string of the molecule is CCCCCCCCCCCCCCCC(=O)N[C@@H](CSCC(COC(=O)CCCCCCCCCCCCCCC)OC(=O)CCCCCCCCCCCCCCC)C(=O)N[C@@H](C)C(=O)N[C@H](CCC(=O)O)C(N)=O. The summed E-state index contributed by atoms with van der Waals surface area (Å²) in [4.78, 5) is 89.5. The van der Waals surface area contributed by atoms with E-state index in [1.165, 1.54) is 192 Å². The maximum absolute atomic E-state index is 13.8. The van der Waals surface area contributed by atoms with Crippen LogP contribution in [-0.4, -0.2) is 89.0 Å². The minimum Gasteiger partial charge on any atom is -0.481 e. The predicted molar refractivity (Wildman–Crippen MR) is 317 cm³/mol. The van der Waals surface area contributed by atoms with Crippen molar-refractivity contribution in [2.75, 3.05) is 18.1 Å². The Labute approximate surface area is 473 Å². The van der Waals surface area contributed by atoms with Crippen LogP contribution in [0, 0.1) is 0 Å². The lowest BCUT2D eigenvalue weighted by atomic mass is 10.0. The van der Waals surface area contributed by atoms with Crippen LogP contribution >= 0.6 is 11.8 Å². The smallest absolute Gasteiger partial charge is 0.306 e. The molecule has 0 aromatic heterocycles. The molecule has 0 aromatic carbocycles. The summed E-state index contributed by atoms with van der Waals surface area (Å²) in [5.41, 5.74) is 5.42. The molecule has 0 bridgehead atoms. The van der Waals surface area contributed by atoms with E-state index in [9.17, 15) is 33.6 Å². The number of carbonyl (C=O) groups excluding carboxylic acids is 6. The maximum Gasteiger partial charge on any atom is 0.306 e. The zero-order valence-electron chi connectivity index (χ0n) is 49.7. The molecule has 0 heterocycles. The number of carbonyl (C=O) groups is 7. The minimum atomic E-state index is -1.25. The van der Waals surface area contributed by atoms with Crippen LogP contribution < -0.4 is 21.7 Å². The Balaban J connectivity index is 5.52. The van der Waals surface area contributed by atoms with Crippen molar-refractivity contribution in [2.45, 2.75) is 334 Å². The molecule has 0 rings (SSSR count). The molecule has 0 fully saturated rings. The molecule has 1 unspecified atom stereocenters. The van der Waals surface area contributed by atoms with Gasteiger partial charge < -0.3 is 36.3 Å². The van der Waals surface area contributed by atoms with Crippen LogP contribution in [0.5, 0.6) is 0 Å². The van der Waals surface area contributed by atoms with E-state index >= 15 is 0 Å². The van der Waals surface area contributed by atoms with Gasteiger partial charge in [-0.2, -0.15) is 11.8 Å². The monoisotopic (exact) mass is 1110 g/mol. The maximum atomic E-state index is 13.8. The van der Waals surface area contributed by atoms with Gasteiger partial charge in [0.2, 0.25) is 23.6 Å². The second-order valence-corrected chi connectivity index (χ2v) is 23.1. The topological polar surface area (TPSA) is 220 Å². The average Bonchev–Trinajstić information content (AvgIpc) is 3.40. The van der Waals surface area contributed by atoms with Crippen molar-refractivity contribution in [3.63, 3.8) is 0 Å². The Morgan fingerprint density at radius 2 is 0.792 bits per heavy atom. The highest BCUT2D eigenvalue weighted by molar-refractivity contribution is 7.99. The Kier molecular flexibility index (Phi) is 52.2. The van der Waals surface area contributed by atoms with Crippen LogP contribution in [0.3, 0.4) is 0 Å². The van der Waals surface area contributed by atoms with Gasteiger partial charge in [0.25, 0.3) is 0 Å². The highest BCUT2D eigenvalue weighted by Crippen LogP contribution is 2.18. The molecule has 0 radical (unpaired) electrons. The van der Waals surface area contributed by atoms with Gasteiger partial charge in [0.05, 0.1) is 0 Å². The third kappa shape index (κ3) is 49.4. The molecule has 0 saturated heterocycles. The summed E-state index contributed by atoms with van der Waals surface area (Å²) >= 11 is 1.26. The molecule has 77 heavy (non-hydrogen) atoms. The first-order chi connectivity index (χ1) is 37.3. The highest BCUT2D eigenvalue weighted by atomic mass is 32.2. The van der Waals surface area contributed by atoms with Crippen molar-refractivity contribution in [1.29, 1.82) is 0 Å².